The number of carboxylic acids is 1. The van der Waals surface area contributed by atoms with Crippen molar-refractivity contribution in [3.8, 4) is 11.1 Å². The number of carbonyl (C=O) groups excluding carboxylic acids is 3. The van der Waals surface area contributed by atoms with Gasteiger partial charge in [0, 0.05) is 18.0 Å². The number of fused-ring (bicyclic) bond motifs is 5. The lowest BCUT2D eigenvalue weighted by Crippen LogP contribution is -2.52. The Bertz CT molecular complexity index is 1460. The number of nitrogens with zero attached hydrogens (tertiary/aromatic N) is 1. The Morgan fingerprint density at radius 2 is 1.50 bits per heavy atom. The summed E-state index contributed by atoms with van der Waals surface area (Å²) in [6.07, 6.45) is 0.401. The van der Waals surface area contributed by atoms with Gasteiger partial charge in [-0.15, -0.1) is 0 Å². The zero-order valence-electron chi connectivity index (χ0n) is 23.0. The molecule has 2 bridgehead atoms. The molecule has 2 heterocycles. The molecule has 0 spiro atoms. The van der Waals surface area contributed by atoms with Crippen molar-refractivity contribution in [3.63, 3.8) is 0 Å². The summed E-state index contributed by atoms with van der Waals surface area (Å²) in [4.78, 5) is 53.1. The van der Waals surface area contributed by atoms with E-state index in [2.05, 4.69) is 5.32 Å². The summed E-state index contributed by atoms with van der Waals surface area (Å²) in [5.74, 6) is -2.91. The molecule has 0 radical (unpaired) electrons. The number of amides is 2. The van der Waals surface area contributed by atoms with Gasteiger partial charge in [0.15, 0.2) is 0 Å². The van der Waals surface area contributed by atoms with Crippen molar-refractivity contribution < 1.29 is 33.8 Å². The SMILES string of the molecule is O=C(C[C@H](NC(=O)OCC1c2ccccc2-c2ccccc21)C(=O)N1[C@H]2CC[C@@H]1[C@H](C(=O)O)C2)OCc1ccccc1. The van der Waals surface area contributed by atoms with Crippen molar-refractivity contribution in [2.75, 3.05) is 6.61 Å². The van der Waals surface area contributed by atoms with E-state index in [4.69, 9.17) is 9.47 Å². The second kappa shape index (κ2) is 11.7. The zero-order chi connectivity index (χ0) is 29.2. The average molecular weight is 569 g/mol. The summed E-state index contributed by atoms with van der Waals surface area (Å²) >= 11 is 0. The number of hydrogen-bond donors (Lipinski definition) is 2. The van der Waals surface area contributed by atoms with Crippen LogP contribution >= 0.6 is 0 Å². The number of carboxylic acid groups (broad SMARTS) is 1. The smallest absolute Gasteiger partial charge is 0.407 e. The summed E-state index contributed by atoms with van der Waals surface area (Å²) in [5, 5.41) is 12.3. The third-order valence-corrected chi connectivity index (χ3v) is 8.66. The van der Waals surface area contributed by atoms with Crippen LogP contribution in [0.4, 0.5) is 4.79 Å². The van der Waals surface area contributed by atoms with Gasteiger partial charge in [0.05, 0.1) is 12.3 Å². The fraction of sp³-hybridized carbons (Fsp3) is 0.333. The second-order valence-corrected chi connectivity index (χ2v) is 11.1. The first-order chi connectivity index (χ1) is 20.4. The molecule has 9 nitrogen and oxygen atoms in total. The highest BCUT2D eigenvalue weighted by Crippen LogP contribution is 2.45. The van der Waals surface area contributed by atoms with E-state index in [0.29, 0.717) is 19.3 Å². The van der Waals surface area contributed by atoms with E-state index < -0.39 is 48.4 Å². The molecule has 0 saturated carbocycles. The molecule has 2 aliphatic heterocycles. The van der Waals surface area contributed by atoms with Gasteiger partial charge in [-0.05, 0) is 47.1 Å². The van der Waals surface area contributed by atoms with Gasteiger partial charge >= 0.3 is 18.0 Å². The molecule has 2 N–H and O–H groups in total. The first-order valence-electron chi connectivity index (χ1n) is 14.3. The summed E-state index contributed by atoms with van der Waals surface area (Å²) in [6, 6.07) is 23.1. The van der Waals surface area contributed by atoms with Crippen molar-refractivity contribution in [3.05, 3.63) is 95.6 Å². The molecule has 1 aliphatic carbocycles. The number of carbonyl (C=O) groups is 4. The van der Waals surface area contributed by atoms with E-state index in [1.807, 2.05) is 78.9 Å². The lowest BCUT2D eigenvalue weighted by atomic mass is 9.89. The van der Waals surface area contributed by atoms with Crippen LogP contribution in [0.5, 0.6) is 0 Å². The Balaban J connectivity index is 1.15. The van der Waals surface area contributed by atoms with Gasteiger partial charge in [-0.1, -0.05) is 78.9 Å². The van der Waals surface area contributed by atoms with Crippen molar-refractivity contribution in [2.24, 2.45) is 5.92 Å². The molecule has 2 saturated heterocycles. The Morgan fingerprint density at radius 1 is 0.857 bits per heavy atom. The summed E-state index contributed by atoms with van der Waals surface area (Å²) in [7, 11) is 0. The van der Waals surface area contributed by atoms with Gasteiger partial charge in [0.25, 0.3) is 0 Å². The Hall–Kier alpha value is -4.66. The van der Waals surface area contributed by atoms with Crippen LogP contribution in [0.25, 0.3) is 11.1 Å². The van der Waals surface area contributed by atoms with E-state index >= 15 is 0 Å². The predicted molar refractivity (Wildman–Crippen MR) is 152 cm³/mol. The van der Waals surface area contributed by atoms with Crippen LogP contribution < -0.4 is 5.32 Å². The molecule has 216 valence electrons. The van der Waals surface area contributed by atoms with Crippen LogP contribution in [0.2, 0.25) is 0 Å². The van der Waals surface area contributed by atoms with Gasteiger partial charge in [-0.3, -0.25) is 14.4 Å². The summed E-state index contributed by atoms with van der Waals surface area (Å²) in [6.45, 7) is 0.0802. The van der Waals surface area contributed by atoms with Crippen LogP contribution in [0, 0.1) is 5.92 Å². The van der Waals surface area contributed by atoms with Crippen LogP contribution in [-0.2, 0) is 30.5 Å². The van der Waals surface area contributed by atoms with Crippen LogP contribution in [0.15, 0.2) is 78.9 Å². The predicted octanol–water partition coefficient (Wildman–Crippen LogP) is 4.49. The van der Waals surface area contributed by atoms with Crippen LogP contribution in [-0.4, -0.2) is 58.7 Å². The van der Waals surface area contributed by atoms with E-state index in [1.165, 1.54) is 0 Å². The minimum absolute atomic E-state index is 0.0293. The number of aliphatic carboxylic acids is 1. The molecule has 9 heteroatoms. The Morgan fingerprint density at radius 3 is 2.14 bits per heavy atom. The first-order valence-corrected chi connectivity index (χ1v) is 14.3. The van der Waals surface area contributed by atoms with Crippen LogP contribution in [0.1, 0.15) is 48.3 Å². The highest BCUT2D eigenvalue weighted by molar-refractivity contribution is 5.91. The summed E-state index contributed by atoms with van der Waals surface area (Å²) < 4.78 is 11.1. The van der Waals surface area contributed by atoms with E-state index in [9.17, 15) is 24.3 Å². The molecule has 3 aliphatic rings. The molecule has 2 fully saturated rings. The van der Waals surface area contributed by atoms with Gasteiger partial charge in [-0.25, -0.2) is 4.79 Å². The lowest BCUT2D eigenvalue weighted by molar-refractivity contribution is -0.149. The average Bonchev–Trinajstić information content (AvgIpc) is 3.69. The van der Waals surface area contributed by atoms with E-state index in [0.717, 1.165) is 27.8 Å². The van der Waals surface area contributed by atoms with E-state index in [1.54, 1.807) is 4.90 Å². The fourth-order valence-electron chi connectivity index (χ4n) is 6.72. The minimum Gasteiger partial charge on any atom is -0.481 e. The Kier molecular flexibility index (Phi) is 7.65. The van der Waals surface area contributed by atoms with E-state index in [-0.39, 0.29) is 25.2 Å². The molecule has 2 amide bonds. The maximum Gasteiger partial charge on any atom is 0.407 e. The highest BCUT2D eigenvalue weighted by atomic mass is 16.5. The van der Waals surface area contributed by atoms with Gasteiger partial charge in [0.2, 0.25) is 5.91 Å². The number of ether oxygens (including phenoxy) is 2. The second-order valence-electron chi connectivity index (χ2n) is 11.1. The maximum atomic E-state index is 13.8. The third-order valence-electron chi connectivity index (χ3n) is 8.66. The standard InChI is InChI=1S/C33H32N2O7/c36-30(41-18-20-8-2-1-3-9-20)17-28(31(37)35-21-14-15-29(35)26(16-21)32(38)39)34-33(40)42-19-27-24-12-6-4-10-22(24)23-11-5-7-13-25(23)27/h1-13,21,26-29H,14-19H2,(H,34,40)(H,38,39)/t21-,26+,28-,29+/m0/s1. The van der Waals surface area contributed by atoms with Gasteiger partial charge in [0.1, 0.15) is 19.3 Å². The van der Waals surface area contributed by atoms with Gasteiger partial charge < -0.3 is 24.8 Å². The van der Waals surface area contributed by atoms with Crippen molar-refractivity contribution in [1.82, 2.24) is 10.2 Å². The number of hydrogen-bond acceptors (Lipinski definition) is 6. The third kappa shape index (κ3) is 5.34. The summed E-state index contributed by atoms with van der Waals surface area (Å²) in [5.41, 5.74) is 5.08. The molecule has 42 heavy (non-hydrogen) atoms. The molecule has 6 rings (SSSR count). The molecular weight excluding hydrogens is 536 g/mol. The molecule has 3 aromatic rings. The lowest BCUT2D eigenvalue weighted by Gasteiger charge is -2.28. The van der Waals surface area contributed by atoms with Gasteiger partial charge in [-0.2, -0.15) is 0 Å². The fourth-order valence-corrected chi connectivity index (χ4v) is 6.72. The first kappa shape index (κ1) is 27.5. The largest absolute Gasteiger partial charge is 0.481 e. The zero-order valence-corrected chi connectivity index (χ0v) is 23.0. The maximum absolute atomic E-state index is 13.8. The topological polar surface area (TPSA) is 122 Å². The minimum atomic E-state index is -1.25. The normalized spacial score (nSPS) is 20.9. The highest BCUT2D eigenvalue weighted by Gasteiger charge is 2.52. The molecule has 0 unspecified atom stereocenters. The number of rotatable bonds is 9. The quantitative estimate of drug-likeness (QED) is 0.365. The number of esters is 1. The Labute approximate surface area is 243 Å². The number of alkyl carbamates (subject to hydrolysis) is 1. The van der Waals surface area contributed by atoms with Crippen molar-refractivity contribution in [2.45, 2.75) is 56.3 Å². The van der Waals surface area contributed by atoms with Crippen molar-refractivity contribution in [1.29, 1.82) is 0 Å². The molecule has 3 aromatic carbocycles. The van der Waals surface area contributed by atoms with Crippen molar-refractivity contribution >= 4 is 23.9 Å². The number of nitrogens with one attached hydrogen (secondary N) is 1. The molecule has 0 aromatic heterocycles. The monoisotopic (exact) mass is 568 g/mol. The molecular formula is C33H32N2O7. The number of benzene rings is 3. The molecule has 4 atom stereocenters. The van der Waals surface area contributed by atoms with Crippen LogP contribution in [0.3, 0.4) is 0 Å².